The highest BCUT2D eigenvalue weighted by atomic mass is 19.1. The molecule has 2 heterocycles. The number of amides is 1. The predicted molar refractivity (Wildman–Crippen MR) is 77.3 cm³/mol. The number of carbonyl (C=O) groups is 1. The van der Waals surface area contributed by atoms with Crippen molar-refractivity contribution >= 4 is 16.8 Å². The van der Waals surface area contributed by atoms with Gasteiger partial charge in [-0.2, -0.15) is 0 Å². The first-order valence-corrected chi connectivity index (χ1v) is 6.98. The Labute approximate surface area is 122 Å². The van der Waals surface area contributed by atoms with Crippen molar-refractivity contribution in [2.75, 3.05) is 26.7 Å². The first kappa shape index (κ1) is 14.0. The van der Waals surface area contributed by atoms with Gasteiger partial charge in [-0.25, -0.2) is 4.39 Å². The van der Waals surface area contributed by atoms with Crippen LogP contribution in [-0.2, 0) is 16.1 Å². The standard InChI is InChI=1S/C15H18FN3O2/c1-19(15(20)14-8-17-4-5-21-14)9-12-7-10-6-11(16)2-3-13(10)18-12/h2-3,6-7,14,17-18H,4-5,8-9H2,1H3/t14-/m0/s1. The van der Waals surface area contributed by atoms with Gasteiger partial charge in [0.2, 0.25) is 0 Å². The molecule has 1 fully saturated rings. The highest BCUT2D eigenvalue weighted by Gasteiger charge is 2.25. The van der Waals surface area contributed by atoms with Gasteiger partial charge in [0.05, 0.1) is 13.2 Å². The number of aromatic amines is 1. The zero-order valence-corrected chi connectivity index (χ0v) is 11.9. The summed E-state index contributed by atoms with van der Waals surface area (Å²) in [4.78, 5) is 17.1. The number of rotatable bonds is 3. The molecule has 5 nitrogen and oxygen atoms in total. The Bertz CT molecular complexity index is 649. The van der Waals surface area contributed by atoms with Gasteiger partial charge in [-0.1, -0.05) is 0 Å². The highest BCUT2D eigenvalue weighted by Crippen LogP contribution is 2.17. The molecule has 112 valence electrons. The second-order valence-corrected chi connectivity index (χ2v) is 5.28. The normalized spacial score (nSPS) is 18.9. The molecular weight excluding hydrogens is 273 g/mol. The number of likely N-dealkylation sites (N-methyl/N-ethyl adjacent to an activating group) is 1. The summed E-state index contributed by atoms with van der Waals surface area (Å²) in [6.07, 6.45) is -0.425. The van der Waals surface area contributed by atoms with E-state index in [4.69, 9.17) is 4.74 Å². The van der Waals surface area contributed by atoms with Crippen molar-refractivity contribution < 1.29 is 13.9 Å². The number of hydrogen-bond acceptors (Lipinski definition) is 3. The van der Waals surface area contributed by atoms with Crippen LogP contribution in [0.4, 0.5) is 4.39 Å². The summed E-state index contributed by atoms with van der Waals surface area (Å²) in [5.41, 5.74) is 1.73. The van der Waals surface area contributed by atoms with Crippen molar-refractivity contribution in [2.45, 2.75) is 12.6 Å². The van der Waals surface area contributed by atoms with Gasteiger partial charge in [0.1, 0.15) is 11.9 Å². The average Bonchev–Trinajstić information content (AvgIpc) is 2.88. The lowest BCUT2D eigenvalue weighted by Crippen LogP contribution is -2.48. The largest absolute Gasteiger partial charge is 0.366 e. The maximum Gasteiger partial charge on any atom is 0.253 e. The first-order chi connectivity index (χ1) is 10.1. The molecule has 1 aromatic heterocycles. The molecule has 0 bridgehead atoms. The number of fused-ring (bicyclic) bond motifs is 1. The van der Waals surface area contributed by atoms with E-state index in [1.165, 1.54) is 12.1 Å². The summed E-state index contributed by atoms with van der Waals surface area (Å²) in [6.45, 7) is 2.31. The second kappa shape index (κ2) is 5.83. The molecular formula is C15H18FN3O2. The minimum Gasteiger partial charge on any atom is -0.366 e. The van der Waals surface area contributed by atoms with Crippen LogP contribution >= 0.6 is 0 Å². The fourth-order valence-electron chi connectivity index (χ4n) is 2.55. The number of benzene rings is 1. The lowest BCUT2D eigenvalue weighted by Gasteiger charge is -2.27. The van der Waals surface area contributed by atoms with E-state index in [-0.39, 0.29) is 11.7 Å². The van der Waals surface area contributed by atoms with E-state index in [1.807, 2.05) is 6.07 Å². The van der Waals surface area contributed by atoms with Crippen molar-refractivity contribution in [1.29, 1.82) is 0 Å². The number of ether oxygens (including phenoxy) is 1. The van der Waals surface area contributed by atoms with Crippen LogP contribution in [0, 0.1) is 5.82 Å². The minimum absolute atomic E-state index is 0.0490. The van der Waals surface area contributed by atoms with E-state index in [0.29, 0.717) is 19.7 Å². The molecule has 0 spiro atoms. The summed E-state index contributed by atoms with van der Waals surface area (Å²) in [6, 6.07) is 6.46. The Morgan fingerprint density at radius 1 is 1.48 bits per heavy atom. The summed E-state index contributed by atoms with van der Waals surface area (Å²) in [7, 11) is 1.74. The van der Waals surface area contributed by atoms with Crippen LogP contribution in [0.2, 0.25) is 0 Å². The van der Waals surface area contributed by atoms with Crippen molar-refractivity contribution in [3.8, 4) is 0 Å². The van der Waals surface area contributed by atoms with Gasteiger partial charge in [-0.05, 0) is 24.3 Å². The van der Waals surface area contributed by atoms with Gasteiger partial charge < -0.3 is 19.9 Å². The van der Waals surface area contributed by atoms with Crippen LogP contribution in [0.1, 0.15) is 5.69 Å². The molecule has 1 aliphatic rings. The predicted octanol–water partition coefficient (Wildman–Crippen LogP) is 1.25. The van der Waals surface area contributed by atoms with Gasteiger partial charge >= 0.3 is 0 Å². The average molecular weight is 291 g/mol. The zero-order chi connectivity index (χ0) is 14.8. The molecule has 6 heteroatoms. The maximum atomic E-state index is 13.2. The van der Waals surface area contributed by atoms with E-state index < -0.39 is 6.10 Å². The number of halogens is 1. The number of nitrogens with one attached hydrogen (secondary N) is 2. The van der Waals surface area contributed by atoms with Gasteiger partial charge in [0.15, 0.2) is 0 Å². The van der Waals surface area contributed by atoms with Crippen LogP contribution < -0.4 is 5.32 Å². The van der Waals surface area contributed by atoms with Crippen molar-refractivity contribution in [2.24, 2.45) is 0 Å². The van der Waals surface area contributed by atoms with Gasteiger partial charge in [0.25, 0.3) is 5.91 Å². The van der Waals surface area contributed by atoms with Gasteiger partial charge in [0, 0.05) is 36.7 Å². The zero-order valence-electron chi connectivity index (χ0n) is 11.9. The van der Waals surface area contributed by atoms with Gasteiger partial charge in [-0.15, -0.1) is 0 Å². The van der Waals surface area contributed by atoms with Crippen molar-refractivity contribution in [3.63, 3.8) is 0 Å². The number of aromatic nitrogens is 1. The summed E-state index contributed by atoms with van der Waals surface area (Å²) >= 11 is 0. The molecule has 0 aliphatic carbocycles. The Morgan fingerprint density at radius 3 is 3.10 bits per heavy atom. The van der Waals surface area contributed by atoms with Crippen molar-refractivity contribution in [3.05, 3.63) is 35.8 Å². The molecule has 0 radical (unpaired) electrons. The van der Waals surface area contributed by atoms with Crippen molar-refractivity contribution in [1.82, 2.24) is 15.2 Å². The van der Waals surface area contributed by atoms with Crippen LogP contribution in [0.5, 0.6) is 0 Å². The number of H-pyrrole nitrogens is 1. The molecule has 0 saturated carbocycles. The molecule has 1 amide bonds. The molecule has 1 aliphatic heterocycles. The summed E-state index contributed by atoms with van der Waals surface area (Å²) in [5.74, 6) is -0.314. The van der Waals surface area contributed by atoms with Crippen LogP contribution in [0.15, 0.2) is 24.3 Å². The molecule has 21 heavy (non-hydrogen) atoms. The van der Waals surface area contributed by atoms with E-state index >= 15 is 0 Å². The highest BCUT2D eigenvalue weighted by molar-refractivity contribution is 5.82. The Balaban J connectivity index is 1.70. The van der Waals surface area contributed by atoms with E-state index in [0.717, 1.165) is 23.1 Å². The number of carbonyl (C=O) groups excluding carboxylic acids is 1. The Hall–Kier alpha value is -1.92. The van der Waals surface area contributed by atoms with Gasteiger partial charge in [-0.3, -0.25) is 4.79 Å². The number of hydrogen-bond donors (Lipinski definition) is 2. The lowest BCUT2D eigenvalue weighted by molar-refractivity contribution is -0.144. The third-order valence-electron chi connectivity index (χ3n) is 3.63. The third kappa shape index (κ3) is 3.06. The SMILES string of the molecule is CN(Cc1cc2cc(F)ccc2[nH]1)C(=O)[C@@H]1CNCCO1. The maximum absolute atomic E-state index is 13.2. The molecule has 2 aromatic rings. The Kier molecular flexibility index (Phi) is 3.90. The molecule has 2 N–H and O–H groups in total. The molecule has 1 atom stereocenters. The van der Waals surface area contributed by atoms with E-state index in [1.54, 1.807) is 18.0 Å². The molecule has 0 unspecified atom stereocenters. The fourth-order valence-corrected chi connectivity index (χ4v) is 2.55. The molecule has 3 rings (SSSR count). The molecule has 1 saturated heterocycles. The van der Waals surface area contributed by atoms with E-state index in [9.17, 15) is 9.18 Å². The fraction of sp³-hybridized carbons (Fsp3) is 0.400. The topological polar surface area (TPSA) is 57.4 Å². The lowest BCUT2D eigenvalue weighted by atomic mass is 10.2. The Morgan fingerprint density at radius 2 is 2.33 bits per heavy atom. The summed E-state index contributed by atoms with van der Waals surface area (Å²) < 4.78 is 18.6. The van der Waals surface area contributed by atoms with Crippen LogP contribution in [0.25, 0.3) is 10.9 Å². The number of morpholine rings is 1. The summed E-state index contributed by atoms with van der Waals surface area (Å²) in [5, 5.41) is 3.95. The smallest absolute Gasteiger partial charge is 0.253 e. The first-order valence-electron chi connectivity index (χ1n) is 6.98. The second-order valence-electron chi connectivity index (χ2n) is 5.28. The number of nitrogens with zero attached hydrogens (tertiary/aromatic N) is 1. The van der Waals surface area contributed by atoms with Crippen LogP contribution in [-0.4, -0.2) is 48.6 Å². The quantitative estimate of drug-likeness (QED) is 0.895. The van der Waals surface area contributed by atoms with Crippen LogP contribution in [0.3, 0.4) is 0 Å². The minimum atomic E-state index is -0.425. The monoisotopic (exact) mass is 291 g/mol. The molecule has 1 aromatic carbocycles. The third-order valence-corrected chi connectivity index (χ3v) is 3.63. The van der Waals surface area contributed by atoms with E-state index in [2.05, 4.69) is 10.3 Å².